The average molecular weight is 439 g/mol. The third-order valence-electron chi connectivity index (χ3n) is 7.32. The Morgan fingerprint density at radius 3 is 2.52 bits per heavy atom. The molecule has 1 fully saturated rings. The van der Waals surface area contributed by atoms with E-state index < -0.39 is 5.66 Å². The molecule has 1 aliphatic heterocycles. The van der Waals surface area contributed by atoms with Crippen molar-refractivity contribution in [2.45, 2.75) is 65.1 Å². The van der Waals surface area contributed by atoms with Gasteiger partial charge in [-0.2, -0.15) is 0 Å². The van der Waals surface area contributed by atoms with Crippen LogP contribution >= 0.6 is 11.6 Å². The van der Waals surface area contributed by atoms with E-state index in [1.807, 2.05) is 27.0 Å². The quantitative estimate of drug-likeness (QED) is 0.676. The first kappa shape index (κ1) is 22.0. The summed E-state index contributed by atoms with van der Waals surface area (Å²) < 4.78 is 5.65. The maximum absolute atomic E-state index is 6.29. The molecule has 2 spiro atoms. The molecule has 6 heteroatoms. The number of benzene rings is 1. The Balaban J connectivity index is 0.00000231. The summed E-state index contributed by atoms with van der Waals surface area (Å²) >= 11 is 6.25. The number of halogens is 1. The van der Waals surface area contributed by atoms with E-state index in [1.165, 1.54) is 11.1 Å². The van der Waals surface area contributed by atoms with Gasteiger partial charge in [0.15, 0.2) is 5.66 Å². The van der Waals surface area contributed by atoms with E-state index >= 15 is 0 Å². The van der Waals surface area contributed by atoms with Crippen LogP contribution in [0.15, 0.2) is 40.4 Å². The average Bonchev–Trinajstić information content (AvgIpc) is 3.18. The van der Waals surface area contributed by atoms with Gasteiger partial charge in [-0.05, 0) is 69.2 Å². The fourth-order valence-electron chi connectivity index (χ4n) is 5.64. The fourth-order valence-corrected chi connectivity index (χ4v) is 5.80. The summed E-state index contributed by atoms with van der Waals surface area (Å²) in [6, 6.07) is 8.63. The van der Waals surface area contributed by atoms with Gasteiger partial charge in [0.1, 0.15) is 5.84 Å². The van der Waals surface area contributed by atoms with Crippen molar-refractivity contribution in [2.75, 3.05) is 7.11 Å². The number of amidine groups is 1. The molecule has 5 nitrogen and oxygen atoms in total. The molecule has 2 heterocycles. The van der Waals surface area contributed by atoms with Crippen LogP contribution in [0.2, 0.25) is 5.02 Å². The summed E-state index contributed by atoms with van der Waals surface area (Å²) in [6.45, 7) is 3.98. The zero-order valence-electron chi connectivity index (χ0n) is 17.7. The molecule has 1 aromatic carbocycles. The number of hydrogen-bond acceptors (Lipinski definition) is 5. The number of ether oxygens (including phenoxy) is 1. The molecule has 1 unspecified atom stereocenters. The number of aromatic nitrogens is 1. The monoisotopic (exact) mass is 438 g/mol. The number of fused-ring (bicyclic) bond motifs is 3. The van der Waals surface area contributed by atoms with Crippen LogP contribution in [0.1, 0.15) is 56.9 Å². The predicted molar refractivity (Wildman–Crippen MR) is 128 cm³/mol. The standard InChI is InChI=1S/C24H27ClN4O.CH4/c1-14-20(11-18(25)13-27-14)16-4-5-17-12-23(8-6-19(30-3)7-9-23)24(21(17)10-16)28-15(2)22(26)29-24;/h4-5,10-11,13,19H,6-9,12H2,1-3H3,(H2,26,29);1H4. The number of nitrogens with two attached hydrogens (primary N) is 1. The molecule has 5 rings (SSSR count). The third kappa shape index (κ3) is 3.21. The maximum Gasteiger partial charge on any atom is 0.184 e. The number of rotatable bonds is 2. The molecule has 0 saturated heterocycles. The van der Waals surface area contributed by atoms with E-state index in [1.54, 1.807) is 6.20 Å². The van der Waals surface area contributed by atoms with Crippen LogP contribution in [-0.2, 0) is 16.8 Å². The number of hydrogen-bond donors (Lipinski definition) is 1. The molecule has 0 bridgehead atoms. The van der Waals surface area contributed by atoms with Crippen LogP contribution in [0, 0.1) is 12.3 Å². The summed E-state index contributed by atoms with van der Waals surface area (Å²) in [5, 5.41) is 0.636. The molecule has 2 aliphatic carbocycles. The lowest BCUT2D eigenvalue weighted by Crippen LogP contribution is -2.43. The van der Waals surface area contributed by atoms with Crippen LogP contribution in [-0.4, -0.2) is 29.7 Å². The first-order valence-corrected chi connectivity index (χ1v) is 11.0. The minimum atomic E-state index is -0.634. The molecule has 1 saturated carbocycles. The highest BCUT2D eigenvalue weighted by molar-refractivity contribution is 6.41. The lowest BCUT2D eigenvalue weighted by atomic mass is 9.65. The van der Waals surface area contributed by atoms with Crippen LogP contribution in [0.4, 0.5) is 0 Å². The maximum atomic E-state index is 6.29. The summed E-state index contributed by atoms with van der Waals surface area (Å²) in [5.41, 5.74) is 12.0. The molecular formula is C25H31ClN4O. The number of nitrogens with zero attached hydrogens (tertiary/aromatic N) is 3. The predicted octanol–water partition coefficient (Wildman–Crippen LogP) is 5.46. The molecule has 0 radical (unpaired) electrons. The van der Waals surface area contributed by atoms with Crippen molar-refractivity contribution in [3.63, 3.8) is 0 Å². The van der Waals surface area contributed by atoms with Crippen molar-refractivity contribution in [2.24, 2.45) is 21.1 Å². The Bertz CT molecular complexity index is 1060. The largest absolute Gasteiger partial charge is 0.382 e. The van der Waals surface area contributed by atoms with E-state index in [4.69, 9.17) is 32.1 Å². The number of aryl methyl sites for hydroxylation is 1. The van der Waals surface area contributed by atoms with Crippen molar-refractivity contribution in [3.8, 4) is 11.1 Å². The van der Waals surface area contributed by atoms with Gasteiger partial charge in [-0.15, -0.1) is 0 Å². The molecule has 31 heavy (non-hydrogen) atoms. The van der Waals surface area contributed by atoms with E-state index in [-0.39, 0.29) is 12.8 Å². The molecule has 2 aromatic rings. The summed E-state index contributed by atoms with van der Waals surface area (Å²) in [4.78, 5) is 14.6. The Morgan fingerprint density at radius 1 is 1.13 bits per heavy atom. The topological polar surface area (TPSA) is 72.9 Å². The van der Waals surface area contributed by atoms with Crippen molar-refractivity contribution in [1.29, 1.82) is 0 Å². The summed E-state index contributed by atoms with van der Waals surface area (Å²) in [7, 11) is 1.81. The number of methoxy groups -OCH3 is 1. The van der Waals surface area contributed by atoms with Gasteiger partial charge in [-0.3, -0.25) is 9.98 Å². The van der Waals surface area contributed by atoms with E-state index in [9.17, 15) is 0 Å². The SMILES string of the molecule is C.COC1CCC2(CC1)Cc1ccc(-c3cc(Cl)cnc3C)cc1C21N=C(C)C(N)=N1. The third-order valence-corrected chi connectivity index (χ3v) is 7.53. The highest BCUT2D eigenvalue weighted by atomic mass is 35.5. The van der Waals surface area contributed by atoms with Crippen molar-refractivity contribution in [1.82, 2.24) is 4.98 Å². The summed E-state index contributed by atoms with van der Waals surface area (Å²) in [5.74, 6) is 0.557. The van der Waals surface area contributed by atoms with Crippen molar-refractivity contribution in [3.05, 3.63) is 52.3 Å². The molecule has 1 aromatic heterocycles. The van der Waals surface area contributed by atoms with Gasteiger partial charge in [0, 0.05) is 35.5 Å². The minimum Gasteiger partial charge on any atom is -0.382 e. The molecule has 2 N–H and O–H groups in total. The van der Waals surface area contributed by atoms with Gasteiger partial charge in [-0.25, -0.2) is 4.99 Å². The minimum absolute atomic E-state index is 0. The van der Waals surface area contributed by atoms with Crippen LogP contribution in [0.25, 0.3) is 11.1 Å². The van der Waals surface area contributed by atoms with Gasteiger partial charge >= 0.3 is 0 Å². The smallest absolute Gasteiger partial charge is 0.184 e. The highest BCUT2D eigenvalue weighted by Crippen LogP contribution is 2.62. The second kappa shape index (κ2) is 7.72. The molecule has 1 atom stereocenters. The van der Waals surface area contributed by atoms with Gasteiger partial charge in [0.2, 0.25) is 0 Å². The van der Waals surface area contributed by atoms with Gasteiger partial charge < -0.3 is 10.5 Å². The normalized spacial score (nSPS) is 29.0. The summed E-state index contributed by atoms with van der Waals surface area (Å²) in [6.07, 6.45) is 7.09. The first-order chi connectivity index (χ1) is 14.4. The first-order valence-electron chi connectivity index (χ1n) is 10.6. The van der Waals surface area contributed by atoms with Gasteiger partial charge in [0.25, 0.3) is 0 Å². The molecule has 0 amide bonds. The zero-order valence-corrected chi connectivity index (χ0v) is 18.5. The molecule has 3 aliphatic rings. The lowest BCUT2D eigenvalue weighted by molar-refractivity contribution is -0.000372. The van der Waals surface area contributed by atoms with Gasteiger partial charge in [-0.1, -0.05) is 31.2 Å². The van der Waals surface area contributed by atoms with Crippen LogP contribution < -0.4 is 5.73 Å². The Kier molecular flexibility index (Phi) is 5.47. The Hall–Kier alpha value is -2.24. The fraction of sp³-hybridized carbons (Fsp3) is 0.480. The van der Waals surface area contributed by atoms with Crippen molar-refractivity contribution < 1.29 is 4.74 Å². The zero-order chi connectivity index (χ0) is 21.1. The van der Waals surface area contributed by atoms with E-state index in [0.717, 1.165) is 54.6 Å². The lowest BCUT2D eigenvalue weighted by Gasteiger charge is -2.44. The Morgan fingerprint density at radius 2 is 1.87 bits per heavy atom. The van der Waals surface area contributed by atoms with E-state index in [0.29, 0.717) is 17.0 Å². The second-order valence-corrected chi connectivity index (χ2v) is 9.35. The molecular weight excluding hydrogens is 408 g/mol. The van der Waals surface area contributed by atoms with Crippen molar-refractivity contribution >= 4 is 23.1 Å². The van der Waals surface area contributed by atoms with Crippen LogP contribution in [0.5, 0.6) is 0 Å². The highest BCUT2D eigenvalue weighted by Gasteiger charge is 2.60. The molecule has 164 valence electrons. The van der Waals surface area contributed by atoms with E-state index in [2.05, 4.69) is 23.2 Å². The van der Waals surface area contributed by atoms with Crippen LogP contribution in [0.3, 0.4) is 0 Å². The van der Waals surface area contributed by atoms with Gasteiger partial charge in [0.05, 0.1) is 16.8 Å². The number of pyridine rings is 1. The Labute approximate surface area is 189 Å². The number of aliphatic imine (C=N–C) groups is 2. The second-order valence-electron chi connectivity index (χ2n) is 8.92.